The van der Waals surface area contributed by atoms with Gasteiger partial charge in [0, 0.05) is 44.7 Å². The summed E-state index contributed by atoms with van der Waals surface area (Å²) in [5, 5.41) is 17.5. The lowest BCUT2D eigenvalue weighted by Crippen LogP contribution is -2.40. The molecule has 41 heavy (non-hydrogen) atoms. The van der Waals surface area contributed by atoms with Crippen molar-refractivity contribution in [2.45, 2.75) is 51.4 Å². The normalized spacial score (nSPS) is 19.9. The Morgan fingerprint density at radius 1 is 0.976 bits per heavy atom. The van der Waals surface area contributed by atoms with Crippen molar-refractivity contribution in [1.29, 1.82) is 0 Å². The molecule has 2 N–H and O–H groups in total. The molecule has 0 aromatic carbocycles. The summed E-state index contributed by atoms with van der Waals surface area (Å²) in [6.07, 6.45) is 5.40. The minimum Gasteiger partial charge on any atom is -0.413 e. The van der Waals surface area contributed by atoms with Crippen LogP contribution in [-0.2, 0) is 10.0 Å². The number of hydrogen-bond donors (Lipinski definition) is 2. The summed E-state index contributed by atoms with van der Waals surface area (Å²) in [6.45, 7) is 3.14. The van der Waals surface area contributed by atoms with Crippen molar-refractivity contribution in [2.75, 3.05) is 53.1 Å². The zero-order valence-electron chi connectivity index (χ0n) is 22.7. The summed E-state index contributed by atoms with van der Waals surface area (Å²) in [6, 6.07) is 3.39. The molecule has 2 aliphatic heterocycles. The first-order chi connectivity index (χ1) is 19.5. The first-order valence-corrected chi connectivity index (χ1v) is 15.4. The van der Waals surface area contributed by atoms with Gasteiger partial charge in [-0.15, -0.1) is 10.2 Å². The number of nitrogens with one attached hydrogen (secondary N) is 1. The Kier molecular flexibility index (Phi) is 7.04. The van der Waals surface area contributed by atoms with Crippen LogP contribution in [0.5, 0.6) is 0 Å². The highest BCUT2D eigenvalue weighted by molar-refractivity contribution is 7.92. The molecule has 2 saturated heterocycles. The Morgan fingerprint density at radius 2 is 1.66 bits per heavy atom. The summed E-state index contributed by atoms with van der Waals surface area (Å²) in [4.78, 5) is 17.4. The van der Waals surface area contributed by atoms with Crippen LogP contribution in [0.2, 0.25) is 0 Å². The topological polar surface area (TPSA) is 150 Å². The number of pyridine rings is 1. The number of piperidine rings is 2. The van der Waals surface area contributed by atoms with Gasteiger partial charge >= 0.3 is 0 Å². The van der Waals surface area contributed by atoms with Gasteiger partial charge in [-0.1, -0.05) is 0 Å². The summed E-state index contributed by atoms with van der Waals surface area (Å²) in [5.74, 6) is -2.51. The number of alkyl halides is 2. The highest BCUT2D eigenvalue weighted by atomic mass is 32.2. The predicted molar refractivity (Wildman–Crippen MR) is 147 cm³/mol. The van der Waals surface area contributed by atoms with Crippen molar-refractivity contribution in [3.8, 4) is 23.2 Å². The molecule has 0 bridgehead atoms. The van der Waals surface area contributed by atoms with E-state index in [0.29, 0.717) is 34.1 Å². The van der Waals surface area contributed by atoms with E-state index < -0.39 is 28.3 Å². The lowest BCUT2D eigenvalue weighted by atomic mass is 9.93. The molecule has 5 heterocycles. The first-order valence-electron chi connectivity index (χ1n) is 13.7. The molecule has 0 atom stereocenters. The van der Waals surface area contributed by atoms with Crippen molar-refractivity contribution >= 4 is 27.3 Å². The number of aliphatic hydroxyl groups excluding tert-OH is 1. The average Bonchev–Trinajstić information content (AvgIpc) is 3.48. The van der Waals surface area contributed by atoms with Crippen LogP contribution in [0.3, 0.4) is 0 Å². The van der Waals surface area contributed by atoms with Crippen molar-refractivity contribution in [3.63, 3.8) is 0 Å². The van der Waals surface area contributed by atoms with Crippen LogP contribution in [0, 0.1) is 12.3 Å². The highest BCUT2D eigenvalue weighted by Crippen LogP contribution is 2.54. The molecule has 0 amide bonds. The van der Waals surface area contributed by atoms with Crippen LogP contribution in [0.15, 0.2) is 22.7 Å². The molecular weight excluding hydrogens is 558 g/mol. The van der Waals surface area contributed by atoms with E-state index >= 15 is 0 Å². The van der Waals surface area contributed by atoms with E-state index in [4.69, 9.17) is 9.52 Å². The largest absolute Gasteiger partial charge is 0.413 e. The monoisotopic (exact) mass is 590 g/mol. The van der Waals surface area contributed by atoms with E-state index in [2.05, 4.69) is 34.8 Å². The molecule has 0 radical (unpaired) electrons. The molecular formula is C26H32F2N8O4S. The summed E-state index contributed by atoms with van der Waals surface area (Å²) in [7, 11) is -3.74. The second-order valence-electron chi connectivity index (χ2n) is 11.2. The van der Waals surface area contributed by atoms with Crippen LogP contribution >= 0.6 is 0 Å². The number of aromatic nitrogens is 5. The second kappa shape index (κ2) is 10.4. The number of sulfonamides is 1. The molecule has 3 fully saturated rings. The number of halogens is 2. The van der Waals surface area contributed by atoms with Gasteiger partial charge in [-0.05, 0) is 50.2 Å². The Hall–Kier alpha value is -3.46. The van der Waals surface area contributed by atoms with E-state index in [1.165, 1.54) is 19.0 Å². The van der Waals surface area contributed by atoms with Crippen LogP contribution in [0.1, 0.15) is 44.2 Å². The molecule has 3 aliphatic rings. The van der Waals surface area contributed by atoms with Crippen LogP contribution in [0.4, 0.5) is 26.1 Å². The van der Waals surface area contributed by atoms with Crippen molar-refractivity contribution in [1.82, 2.24) is 25.1 Å². The predicted octanol–water partition coefficient (Wildman–Crippen LogP) is 3.25. The molecule has 1 saturated carbocycles. The zero-order valence-corrected chi connectivity index (χ0v) is 23.5. The van der Waals surface area contributed by atoms with E-state index in [9.17, 15) is 17.2 Å². The Bertz CT molecular complexity index is 1530. The first kappa shape index (κ1) is 27.7. The lowest BCUT2D eigenvalue weighted by molar-refractivity contribution is -0.0222. The third kappa shape index (κ3) is 6.10. The number of aliphatic hydroxyl groups is 1. The maximum Gasteiger partial charge on any atom is 0.268 e. The minimum absolute atomic E-state index is 0.130. The number of nitrogens with zero attached hydrogens (tertiary/aromatic N) is 7. The van der Waals surface area contributed by atoms with E-state index in [1.54, 1.807) is 24.0 Å². The second-order valence-corrected chi connectivity index (χ2v) is 13.0. The van der Waals surface area contributed by atoms with Gasteiger partial charge in [-0.25, -0.2) is 32.2 Å². The molecule has 1 aliphatic carbocycles. The molecule has 1 spiro atoms. The lowest BCUT2D eigenvalue weighted by Gasteiger charge is -2.34. The SMILES string of the molecule is Cc1cc(-c2nnc(-c3ncc(NS(=O)(=O)CCO)cc3N3CCC4(CC3)CC4)o2)nc(N2CCC(F)(F)CC2)n1. The number of anilines is 3. The number of hydrogen-bond acceptors (Lipinski definition) is 11. The third-order valence-electron chi connectivity index (χ3n) is 8.09. The molecule has 6 rings (SSSR count). The fourth-order valence-corrected chi connectivity index (χ4v) is 6.24. The molecule has 15 heteroatoms. The average molecular weight is 591 g/mol. The van der Waals surface area contributed by atoms with Gasteiger partial charge in [0.1, 0.15) is 5.69 Å². The van der Waals surface area contributed by atoms with Gasteiger partial charge in [0.2, 0.25) is 16.0 Å². The highest BCUT2D eigenvalue weighted by Gasteiger charge is 2.45. The minimum atomic E-state index is -3.74. The smallest absolute Gasteiger partial charge is 0.268 e. The van der Waals surface area contributed by atoms with Crippen LogP contribution in [-0.4, -0.2) is 83.1 Å². The van der Waals surface area contributed by atoms with Gasteiger partial charge < -0.3 is 19.3 Å². The molecule has 3 aromatic rings. The van der Waals surface area contributed by atoms with Gasteiger partial charge in [0.15, 0.2) is 5.69 Å². The Balaban J connectivity index is 1.30. The van der Waals surface area contributed by atoms with Crippen molar-refractivity contribution in [3.05, 3.63) is 24.0 Å². The van der Waals surface area contributed by atoms with Gasteiger partial charge in [-0.2, -0.15) is 0 Å². The summed E-state index contributed by atoms with van der Waals surface area (Å²) < 4.78 is 60.4. The fourth-order valence-electron chi connectivity index (χ4n) is 5.42. The van der Waals surface area contributed by atoms with E-state index in [0.717, 1.165) is 25.9 Å². The van der Waals surface area contributed by atoms with Crippen LogP contribution in [0.25, 0.3) is 23.2 Å². The summed E-state index contributed by atoms with van der Waals surface area (Å²) >= 11 is 0. The van der Waals surface area contributed by atoms with Gasteiger partial charge in [0.05, 0.1) is 29.9 Å². The maximum absolute atomic E-state index is 13.7. The van der Waals surface area contributed by atoms with E-state index in [1.807, 2.05) is 0 Å². The molecule has 0 unspecified atom stereocenters. The molecule has 12 nitrogen and oxygen atoms in total. The standard InChI is InChI=1S/C26H32F2N8O4S/c1-17-14-19(31-24(30-17)36-10-6-26(27,28)7-11-36)22-32-33-23(40-22)21-20(35-8-4-25(2-3-25)5-9-35)15-18(16-29-21)34-41(38,39)13-12-37/h14-16,34,37H,2-13H2,1H3. The zero-order chi connectivity index (χ0) is 28.8. The fraction of sp³-hybridized carbons (Fsp3) is 0.577. The van der Waals surface area contributed by atoms with Gasteiger partial charge in [-0.3, -0.25) is 4.72 Å². The molecule has 220 valence electrons. The van der Waals surface area contributed by atoms with Crippen LogP contribution < -0.4 is 14.5 Å². The summed E-state index contributed by atoms with van der Waals surface area (Å²) in [5.41, 5.74) is 2.76. The number of rotatable bonds is 8. The third-order valence-corrected chi connectivity index (χ3v) is 9.36. The van der Waals surface area contributed by atoms with E-state index in [-0.39, 0.29) is 43.4 Å². The Labute approximate surface area is 236 Å². The quantitative estimate of drug-likeness (QED) is 0.398. The van der Waals surface area contributed by atoms with Crippen molar-refractivity contribution < 1.29 is 26.7 Å². The number of aryl methyl sites for hydroxylation is 1. The van der Waals surface area contributed by atoms with Crippen molar-refractivity contribution in [2.24, 2.45) is 5.41 Å². The molecule has 3 aromatic heterocycles. The van der Waals surface area contributed by atoms with Gasteiger partial charge in [0.25, 0.3) is 17.7 Å². The Morgan fingerprint density at radius 3 is 2.34 bits per heavy atom. The maximum atomic E-state index is 13.7.